The summed E-state index contributed by atoms with van der Waals surface area (Å²) in [6, 6.07) is 65.1. The standard InChI is InChI=1S/C44H31N3OSi/c1-4-14-33(15-5-1)49(34-16-6-2-7-17-34,35-18-8-3-9-19-35)36-26-27-41-38(29-36)37-20-10-12-22-40(37)46(41)32-25-24-31-30-48-44-45-39-21-11-13-23-42(39)47(44)43(31)28-32/h1-29H,30H2. The van der Waals surface area contributed by atoms with Crippen molar-refractivity contribution in [3.8, 4) is 17.4 Å². The Morgan fingerprint density at radius 1 is 0.469 bits per heavy atom. The predicted octanol–water partition coefficient (Wildman–Crippen LogP) is 7.39. The van der Waals surface area contributed by atoms with E-state index in [4.69, 9.17) is 9.72 Å². The van der Waals surface area contributed by atoms with Crippen molar-refractivity contribution >= 4 is 61.7 Å². The van der Waals surface area contributed by atoms with Crippen LogP contribution in [0.3, 0.4) is 0 Å². The summed E-state index contributed by atoms with van der Waals surface area (Å²) >= 11 is 0. The Morgan fingerprint density at radius 3 is 1.76 bits per heavy atom. The van der Waals surface area contributed by atoms with E-state index in [0.29, 0.717) is 12.6 Å². The molecular formula is C44H31N3OSi. The summed E-state index contributed by atoms with van der Waals surface area (Å²) in [5.74, 6) is 0. The van der Waals surface area contributed by atoms with Crippen LogP contribution in [-0.2, 0) is 6.61 Å². The van der Waals surface area contributed by atoms with Crippen LogP contribution in [0.5, 0.6) is 6.01 Å². The zero-order chi connectivity index (χ0) is 32.4. The molecule has 0 radical (unpaired) electrons. The van der Waals surface area contributed by atoms with Crippen LogP contribution in [0.25, 0.3) is 44.2 Å². The van der Waals surface area contributed by atoms with E-state index >= 15 is 0 Å². The van der Waals surface area contributed by atoms with Crippen molar-refractivity contribution in [3.05, 3.63) is 181 Å². The van der Waals surface area contributed by atoms with Crippen LogP contribution in [0.2, 0.25) is 0 Å². The largest absolute Gasteiger partial charge is 0.459 e. The van der Waals surface area contributed by atoms with Gasteiger partial charge < -0.3 is 9.30 Å². The van der Waals surface area contributed by atoms with Crippen molar-refractivity contribution in [2.24, 2.45) is 0 Å². The first-order valence-electron chi connectivity index (χ1n) is 16.7. The first-order valence-corrected chi connectivity index (χ1v) is 18.7. The minimum absolute atomic E-state index is 0.501. The number of hydrogen-bond donors (Lipinski definition) is 0. The average molecular weight is 646 g/mol. The molecule has 10 rings (SSSR count). The zero-order valence-electron chi connectivity index (χ0n) is 26.7. The zero-order valence-corrected chi connectivity index (χ0v) is 27.7. The van der Waals surface area contributed by atoms with Crippen LogP contribution in [0, 0.1) is 0 Å². The van der Waals surface area contributed by atoms with Crippen molar-refractivity contribution in [2.75, 3.05) is 0 Å². The monoisotopic (exact) mass is 645 g/mol. The summed E-state index contributed by atoms with van der Waals surface area (Å²) in [5.41, 5.74) is 7.72. The highest BCUT2D eigenvalue weighted by Gasteiger charge is 2.41. The second-order valence-electron chi connectivity index (χ2n) is 12.8. The van der Waals surface area contributed by atoms with Gasteiger partial charge >= 0.3 is 6.01 Å². The van der Waals surface area contributed by atoms with Crippen molar-refractivity contribution < 1.29 is 4.74 Å². The summed E-state index contributed by atoms with van der Waals surface area (Å²) in [4.78, 5) is 4.79. The molecular weight excluding hydrogens is 615 g/mol. The van der Waals surface area contributed by atoms with Crippen LogP contribution < -0.4 is 25.5 Å². The van der Waals surface area contributed by atoms with Gasteiger partial charge in [0.15, 0.2) is 8.07 Å². The third kappa shape index (κ3) is 4.12. The smallest absolute Gasteiger partial charge is 0.302 e. The number of hydrogen-bond acceptors (Lipinski definition) is 2. The summed E-state index contributed by atoms with van der Waals surface area (Å²) in [6.45, 7) is 0.501. The van der Waals surface area contributed by atoms with E-state index in [-0.39, 0.29) is 0 Å². The molecule has 0 spiro atoms. The Labute approximate surface area is 285 Å². The fourth-order valence-corrected chi connectivity index (χ4v) is 12.8. The quantitative estimate of drug-likeness (QED) is 0.144. The number of benzene rings is 7. The number of fused-ring (bicyclic) bond motifs is 8. The molecule has 0 saturated carbocycles. The van der Waals surface area contributed by atoms with Crippen LogP contribution >= 0.6 is 0 Å². The number of nitrogens with zero attached hydrogens (tertiary/aromatic N) is 3. The van der Waals surface area contributed by atoms with Crippen molar-refractivity contribution in [3.63, 3.8) is 0 Å². The predicted molar refractivity (Wildman–Crippen MR) is 203 cm³/mol. The molecule has 0 bridgehead atoms. The maximum atomic E-state index is 6.11. The van der Waals surface area contributed by atoms with Gasteiger partial charge in [-0.2, -0.15) is 4.98 Å². The van der Waals surface area contributed by atoms with Crippen LogP contribution in [0.1, 0.15) is 5.56 Å². The fourth-order valence-electron chi connectivity index (χ4n) is 8.05. The molecule has 0 amide bonds. The van der Waals surface area contributed by atoms with Gasteiger partial charge in [-0.05, 0) is 57.1 Å². The van der Waals surface area contributed by atoms with Gasteiger partial charge in [0.25, 0.3) is 0 Å². The Bertz CT molecular complexity index is 2560. The molecule has 49 heavy (non-hydrogen) atoms. The summed E-state index contributed by atoms with van der Waals surface area (Å²) in [7, 11) is -2.69. The number of para-hydroxylation sites is 3. The lowest BCUT2D eigenvalue weighted by molar-refractivity contribution is 0.265. The highest BCUT2D eigenvalue weighted by atomic mass is 28.3. The number of imidazole rings is 1. The van der Waals surface area contributed by atoms with Gasteiger partial charge in [-0.15, -0.1) is 0 Å². The Kier molecular flexibility index (Phi) is 6.23. The van der Waals surface area contributed by atoms with E-state index in [1.807, 2.05) is 12.1 Å². The summed E-state index contributed by atoms with van der Waals surface area (Å²) < 4.78 is 10.7. The third-order valence-corrected chi connectivity index (χ3v) is 15.0. The molecule has 0 aliphatic carbocycles. The van der Waals surface area contributed by atoms with Gasteiger partial charge in [0, 0.05) is 22.0 Å². The third-order valence-electron chi connectivity index (χ3n) is 10.2. The first-order chi connectivity index (χ1) is 24.3. The fraction of sp³-hybridized carbons (Fsp3) is 0.0227. The number of aromatic nitrogens is 3. The molecule has 232 valence electrons. The van der Waals surface area contributed by atoms with E-state index in [9.17, 15) is 0 Å². The lowest BCUT2D eigenvalue weighted by Crippen LogP contribution is -2.74. The molecule has 2 aromatic heterocycles. The van der Waals surface area contributed by atoms with E-state index in [2.05, 4.69) is 173 Å². The topological polar surface area (TPSA) is 32.0 Å². The molecule has 3 heterocycles. The van der Waals surface area contributed by atoms with Crippen molar-refractivity contribution in [1.82, 2.24) is 14.1 Å². The van der Waals surface area contributed by atoms with E-state index < -0.39 is 8.07 Å². The van der Waals surface area contributed by atoms with Gasteiger partial charge in [0.05, 0.1) is 27.8 Å². The number of ether oxygens (including phenoxy) is 1. The molecule has 4 nitrogen and oxygen atoms in total. The van der Waals surface area contributed by atoms with Crippen LogP contribution in [0.4, 0.5) is 0 Å². The minimum Gasteiger partial charge on any atom is -0.459 e. The van der Waals surface area contributed by atoms with Gasteiger partial charge in [-0.1, -0.05) is 140 Å². The lowest BCUT2D eigenvalue weighted by atomic mass is 10.1. The molecule has 1 aliphatic heterocycles. The maximum absolute atomic E-state index is 6.11. The van der Waals surface area contributed by atoms with Gasteiger partial charge in [0.1, 0.15) is 6.61 Å². The van der Waals surface area contributed by atoms with Crippen LogP contribution in [-0.4, -0.2) is 22.2 Å². The van der Waals surface area contributed by atoms with E-state index in [1.165, 1.54) is 42.6 Å². The molecule has 0 saturated heterocycles. The summed E-state index contributed by atoms with van der Waals surface area (Å²) in [6.07, 6.45) is 0. The van der Waals surface area contributed by atoms with Gasteiger partial charge in [-0.25, -0.2) is 0 Å². The van der Waals surface area contributed by atoms with Crippen molar-refractivity contribution in [2.45, 2.75) is 6.61 Å². The van der Waals surface area contributed by atoms with E-state index in [1.54, 1.807) is 0 Å². The normalized spacial score (nSPS) is 12.6. The molecule has 9 aromatic rings. The van der Waals surface area contributed by atoms with E-state index in [0.717, 1.165) is 28.0 Å². The SMILES string of the molecule is c1ccc([Si](c2ccccc2)(c2ccccc2)c2ccc3c(c2)c2ccccc2n3-c2ccc3c(c2)-n2c(nc4ccccc42)OC3)cc1. The molecule has 1 aliphatic rings. The molecule has 0 fully saturated rings. The highest BCUT2D eigenvalue weighted by molar-refractivity contribution is 7.20. The lowest BCUT2D eigenvalue weighted by Gasteiger charge is -2.34. The Morgan fingerprint density at radius 2 is 1.06 bits per heavy atom. The number of rotatable bonds is 5. The van der Waals surface area contributed by atoms with Crippen molar-refractivity contribution in [1.29, 1.82) is 0 Å². The molecule has 7 aromatic carbocycles. The highest BCUT2D eigenvalue weighted by Crippen LogP contribution is 2.37. The molecule has 5 heteroatoms. The van der Waals surface area contributed by atoms with Gasteiger partial charge in [0.2, 0.25) is 0 Å². The van der Waals surface area contributed by atoms with Crippen LogP contribution in [0.15, 0.2) is 176 Å². The second kappa shape index (κ2) is 10.9. The summed E-state index contributed by atoms with van der Waals surface area (Å²) in [5, 5.41) is 7.97. The molecule has 0 N–H and O–H groups in total. The Hall–Kier alpha value is -6.17. The minimum atomic E-state index is -2.69. The van der Waals surface area contributed by atoms with Gasteiger partial charge in [-0.3, -0.25) is 4.57 Å². The molecule has 0 unspecified atom stereocenters. The second-order valence-corrected chi connectivity index (χ2v) is 16.6. The maximum Gasteiger partial charge on any atom is 0.302 e. The molecule has 0 atom stereocenters. The first kappa shape index (κ1) is 27.9. The Balaban J connectivity index is 1.24. The average Bonchev–Trinajstić information content (AvgIpc) is 3.72.